The highest BCUT2D eigenvalue weighted by Gasteiger charge is 2.09. The van der Waals surface area contributed by atoms with Gasteiger partial charge in [-0.15, -0.1) is 5.10 Å². The van der Waals surface area contributed by atoms with Crippen LogP contribution in [0.25, 0.3) is 5.65 Å². The van der Waals surface area contributed by atoms with Gasteiger partial charge in [-0.25, -0.2) is 18.7 Å². The zero-order chi connectivity index (χ0) is 14.8. The topological polar surface area (TPSA) is 76.7 Å². The molecule has 0 amide bonds. The zero-order valence-electron chi connectivity index (χ0n) is 10.7. The molecule has 7 heteroatoms. The molecule has 2 aromatic heterocycles. The zero-order valence-corrected chi connectivity index (χ0v) is 10.7. The second-order valence-electron chi connectivity index (χ2n) is 4.27. The number of carbonyl (C=O) groups is 1. The quantitative estimate of drug-likeness (QED) is 0.795. The third-order valence-corrected chi connectivity index (χ3v) is 2.82. The minimum Gasteiger partial charge on any atom is -0.482 e. The van der Waals surface area contributed by atoms with Crippen LogP contribution in [-0.4, -0.2) is 25.7 Å². The van der Waals surface area contributed by atoms with Crippen LogP contribution in [0.5, 0.6) is 5.75 Å². The van der Waals surface area contributed by atoms with E-state index >= 15 is 0 Å². The number of aromatic nitrogens is 3. The maximum Gasteiger partial charge on any atom is 0.335 e. The van der Waals surface area contributed by atoms with Crippen LogP contribution in [0.1, 0.15) is 16.2 Å². The van der Waals surface area contributed by atoms with Gasteiger partial charge < -0.3 is 9.84 Å². The largest absolute Gasteiger partial charge is 0.482 e. The summed E-state index contributed by atoms with van der Waals surface area (Å²) in [5.74, 6) is -1.05. The molecule has 0 aliphatic rings. The summed E-state index contributed by atoms with van der Waals surface area (Å²) in [7, 11) is 0. The lowest BCUT2D eigenvalue weighted by molar-refractivity contribution is 0.0697. The van der Waals surface area contributed by atoms with Gasteiger partial charge in [0, 0.05) is 6.20 Å². The Bertz CT molecular complexity index is 816. The predicted molar refractivity (Wildman–Crippen MR) is 70.7 cm³/mol. The molecule has 0 saturated carbocycles. The lowest BCUT2D eigenvalue weighted by atomic mass is 10.3. The summed E-state index contributed by atoms with van der Waals surface area (Å²) in [5, 5.41) is 13.0. The fourth-order valence-corrected chi connectivity index (χ4v) is 1.83. The molecule has 0 atom stereocenters. The molecule has 0 spiro atoms. The van der Waals surface area contributed by atoms with Gasteiger partial charge >= 0.3 is 5.97 Å². The highest BCUT2D eigenvalue weighted by molar-refractivity contribution is 5.88. The number of pyridine rings is 1. The van der Waals surface area contributed by atoms with Crippen molar-refractivity contribution >= 4 is 11.6 Å². The minimum absolute atomic E-state index is 0.00891. The highest BCUT2D eigenvalue weighted by Crippen LogP contribution is 2.16. The molecular weight excluding hydrogens is 277 g/mol. The van der Waals surface area contributed by atoms with Crippen molar-refractivity contribution in [1.82, 2.24) is 14.6 Å². The van der Waals surface area contributed by atoms with E-state index in [0.29, 0.717) is 11.5 Å². The summed E-state index contributed by atoms with van der Waals surface area (Å²) in [5.41, 5.74) is 0.513. The van der Waals surface area contributed by atoms with E-state index in [0.717, 1.165) is 0 Å². The second-order valence-corrected chi connectivity index (χ2v) is 4.27. The maximum absolute atomic E-state index is 13.4. The van der Waals surface area contributed by atoms with E-state index < -0.39 is 11.8 Å². The van der Waals surface area contributed by atoms with Crippen molar-refractivity contribution in [2.45, 2.75) is 6.61 Å². The molecule has 2 heterocycles. The first-order chi connectivity index (χ1) is 10.1. The minimum atomic E-state index is -1.04. The number of hydrogen-bond donors (Lipinski definition) is 1. The number of para-hydroxylation sites is 1. The first kappa shape index (κ1) is 13.0. The lowest BCUT2D eigenvalue weighted by Gasteiger charge is -2.03. The normalized spacial score (nSPS) is 10.7. The van der Waals surface area contributed by atoms with Gasteiger partial charge in [-0.3, -0.25) is 0 Å². The van der Waals surface area contributed by atoms with E-state index in [2.05, 4.69) is 10.1 Å². The SMILES string of the molecule is O=C(O)c1ccn2nc(COc3ccccc3F)nc2c1. The van der Waals surface area contributed by atoms with Crippen LogP contribution < -0.4 is 4.74 Å². The number of aromatic carboxylic acids is 1. The van der Waals surface area contributed by atoms with Gasteiger partial charge in [0.05, 0.1) is 5.56 Å². The van der Waals surface area contributed by atoms with Gasteiger partial charge in [-0.1, -0.05) is 12.1 Å². The van der Waals surface area contributed by atoms with Crippen LogP contribution in [0.2, 0.25) is 0 Å². The molecule has 1 aromatic carbocycles. The Labute approximate surface area is 118 Å². The van der Waals surface area contributed by atoms with Crippen molar-refractivity contribution in [3.8, 4) is 5.75 Å². The molecule has 0 saturated heterocycles. The van der Waals surface area contributed by atoms with Crippen LogP contribution in [0.3, 0.4) is 0 Å². The number of benzene rings is 1. The Morgan fingerprint density at radius 1 is 1.33 bits per heavy atom. The summed E-state index contributed by atoms with van der Waals surface area (Å²) in [6.45, 7) is -0.00891. The summed E-state index contributed by atoms with van der Waals surface area (Å²) >= 11 is 0. The summed E-state index contributed by atoms with van der Waals surface area (Å²) in [6, 6.07) is 8.86. The van der Waals surface area contributed by atoms with Crippen molar-refractivity contribution in [2.24, 2.45) is 0 Å². The van der Waals surface area contributed by atoms with E-state index in [-0.39, 0.29) is 17.9 Å². The van der Waals surface area contributed by atoms with E-state index in [1.54, 1.807) is 12.1 Å². The Morgan fingerprint density at radius 2 is 2.14 bits per heavy atom. The predicted octanol–water partition coefficient (Wildman–Crippen LogP) is 2.15. The van der Waals surface area contributed by atoms with Crippen molar-refractivity contribution in [3.63, 3.8) is 0 Å². The fraction of sp³-hybridized carbons (Fsp3) is 0.0714. The van der Waals surface area contributed by atoms with Crippen molar-refractivity contribution in [2.75, 3.05) is 0 Å². The van der Waals surface area contributed by atoms with E-state index in [9.17, 15) is 9.18 Å². The Balaban J connectivity index is 1.82. The van der Waals surface area contributed by atoms with Crippen molar-refractivity contribution < 1.29 is 19.0 Å². The van der Waals surface area contributed by atoms with E-state index in [4.69, 9.17) is 9.84 Å². The van der Waals surface area contributed by atoms with Crippen molar-refractivity contribution in [3.05, 3.63) is 59.8 Å². The van der Waals surface area contributed by atoms with Gasteiger partial charge in [-0.05, 0) is 24.3 Å². The summed E-state index contributed by atoms with van der Waals surface area (Å²) in [4.78, 5) is 15.0. The van der Waals surface area contributed by atoms with E-state index in [1.165, 1.54) is 35.0 Å². The highest BCUT2D eigenvalue weighted by atomic mass is 19.1. The molecular formula is C14H10FN3O3. The molecule has 21 heavy (non-hydrogen) atoms. The number of fused-ring (bicyclic) bond motifs is 1. The first-order valence-corrected chi connectivity index (χ1v) is 6.09. The molecule has 0 aliphatic carbocycles. The molecule has 0 radical (unpaired) electrons. The molecule has 6 nitrogen and oxygen atoms in total. The van der Waals surface area contributed by atoms with Crippen LogP contribution in [-0.2, 0) is 6.61 Å². The molecule has 3 rings (SSSR count). The lowest BCUT2D eigenvalue weighted by Crippen LogP contribution is -1.99. The fourth-order valence-electron chi connectivity index (χ4n) is 1.83. The van der Waals surface area contributed by atoms with Gasteiger partial charge in [0.1, 0.15) is 6.61 Å². The van der Waals surface area contributed by atoms with Crippen LogP contribution in [0.4, 0.5) is 4.39 Å². The van der Waals surface area contributed by atoms with E-state index in [1.807, 2.05) is 0 Å². The van der Waals surface area contributed by atoms with Crippen LogP contribution in [0, 0.1) is 5.82 Å². The number of nitrogens with zero attached hydrogens (tertiary/aromatic N) is 3. The second kappa shape index (κ2) is 5.20. The van der Waals surface area contributed by atoms with Crippen LogP contribution in [0.15, 0.2) is 42.6 Å². The van der Waals surface area contributed by atoms with Crippen molar-refractivity contribution in [1.29, 1.82) is 0 Å². The van der Waals surface area contributed by atoms with Gasteiger partial charge in [-0.2, -0.15) is 0 Å². The Kier molecular flexibility index (Phi) is 3.23. The average Bonchev–Trinajstić information content (AvgIpc) is 2.88. The standard InChI is InChI=1S/C14H10FN3O3/c15-10-3-1-2-4-11(10)21-8-12-16-13-7-9(14(19)20)5-6-18(13)17-12/h1-7H,8H2,(H,19,20). The van der Waals surface area contributed by atoms with Gasteiger partial charge in [0.2, 0.25) is 0 Å². The number of halogens is 1. The molecule has 0 aliphatic heterocycles. The number of carboxylic acids is 1. The first-order valence-electron chi connectivity index (χ1n) is 6.09. The summed E-state index contributed by atoms with van der Waals surface area (Å²) < 4.78 is 20.1. The number of ether oxygens (including phenoxy) is 1. The van der Waals surface area contributed by atoms with Gasteiger partial charge in [0.25, 0.3) is 0 Å². The maximum atomic E-state index is 13.4. The molecule has 0 bridgehead atoms. The van der Waals surface area contributed by atoms with Crippen LogP contribution >= 0.6 is 0 Å². The number of carboxylic acid groups (broad SMARTS) is 1. The molecule has 0 fully saturated rings. The molecule has 3 aromatic rings. The van der Waals surface area contributed by atoms with Gasteiger partial charge in [0.15, 0.2) is 23.0 Å². The Hall–Kier alpha value is -2.96. The molecule has 106 valence electrons. The molecule has 1 N–H and O–H groups in total. The average molecular weight is 287 g/mol. The number of hydrogen-bond acceptors (Lipinski definition) is 4. The molecule has 0 unspecified atom stereocenters. The smallest absolute Gasteiger partial charge is 0.335 e. The third-order valence-electron chi connectivity index (χ3n) is 2.82. The Morgan fingerprint density at radius 3 is 2.90 bits per heavy atom. The third kappa shape index (κ3) is 2.66. The summed E-state index contributed by atoms with van der Waals surface area (Å²) in [6.07, 6.45) is 1.50. The monoisotopic (exact) mass is 287 g/mol. The number of rotatable bonds is 4.